The highest BCUT2D eigenvalue weighted by atomic mass is 19.1. The fourth-order valence-electron chi connectivity index (χ4n) is 2.10. The number of hydrogen-bond acceptors (Lipinski definition) is 3. The van der Waals surface area contributed by atoms with Crippen molar-refractivity contribution in [3.05, 3.63) is 47.7 Å². The minimum absolute atomic E-state index is 0.312. The zero-order valence-corrected chi connectivity index (χ0v) is 10.5. The van der Waals surface area contributed by atoms with E-state index >= 15 is 0 Å². The molecule has 4 heteroatoms. The second-order valence-corrected chi connectivity index (χ2v) is 4.89. The average molecular weight is 253 g/mol. The van der Waals surface area contributed by atoms with Crippen molar-refractivity contribution in [3.8, 4) is 17.3 Å². The van der Waals surface area contributed by atoms with E-state index in [1.807, 2.05) is 6.92 Å². The molecule has 1 saturated carbocycles. The number of halogens is 1. The summed E-state index contributed by atoms with van der Waals surface area (Å²) in [4.78, 5) is 8.73. The molecular weight excluding hydrogens is 241 g/mol. The smallest absolute Gasteiger partial charge is 0.149 e. The van der Waals surface area contributed by atoms with Crippen LogP contribution in [0.15, 0.2) is 30.3 Å². The number of aromatic nitrogens is 2. The Bertz CT molecular complexity index is 684. The summed E-state index contributed by atoms with van der Waals surface area (Å²) in [6.45, 7) is 1.84. The molecule has 94 valence electrons. The van der Waals surface area contributed by atoms with Crippen LogP contribution in [-0.4, -0.2) is 9.97 Å². The first-order valence-corrected chi connectivity index (χ1v) is 6.17. The van der Waals surface area contributed by atoms with Crippen LogP contribution in [0.25, 0.3) is 11.3 Å². The molecule has 0 bridgehead atoms. The predicted molar refractivity (Wildman–Crippen MR) is 68.7 cm³/mol. The largest absolute Gasteiger partial charge is 0.236 e. The molecule has 3 nitrogen and oxygen atoms in total. The van der Waals surface area contributed by atoms with Gasteiger partial charge < -0.3 is 0 Å². The zero-order valence-electron chi connectivity index (χ0n) is 10.5. The molecular formula is C15H12FN3. The molecule has 2 aromatic rings. The Morgan fingerprint density at radius 2 is 2.00 bits per heavy atom. The third-order valence-electron chi connectivity index (χ3n) is 3.40. The van der Waals surface area contributed by atoms with Gasteiger partial charge in [-0.15, -0.1) is 0 Å². The topological polar surface area (TPSA) is 49.6 Å². The van der Waals surface area contributed by atoms with Gasteiger partial charge in [0.1, 0.15) is 17.1 Å². The first-order valence-electron chi connectivity index (χ1n) is 6.17. The Morgan fingerprint density at radius 3 is 2.63 bits per heavy atom. The van der Waals surface area contributed by atoms with Crippen LogP contribution in [-0.2, 0) is 5.41 Å². The van der Waals surface area contributed by atoms with Gasteiger partial charge in [-0.2, -0.15) is 5.26 Å². The fraction of sp³-hybridized carbons (Fsp3) is 0.267. The van der Waals surface area contributed by atoms with Gasteiger partial charge in [0.15, 0.2) is 0 Å². The molecule has 0 unspecified atom stereocenters. The highest BCUT2D eigenvalue weighted by molar-refractivity contribution is 5.60. The summed E-state index contributed by atoms with van der Waals surface area (Å²) in [7, 11) is 0. The van der Waals surface area contributed by atoms with Crippen LogP contribution in [0.3, 0.4) is 0 Å². The van der Waals surface area contributed by atoms with Crippen molar-refractivity contribution in [1.29, 1.82) is 5.26 Å². The van der Waals surface area contributed by atoms with Crippen LogP contribution >= 0.6 is 0 Å². The quantitative estimate of drug-likeness (QED) is 0.826. The Labute approximate surface area is 110 Å². The van der Waals surface area contributed by atoms with Crippen LogP contribution in [0.5, 0.6) is 0 Å². The summed E-state index contributed by atoms with van der Waals surface area (Å²) in [5, 5.41) is 9.21. The fourth-order valence-corrected chi connectivity index (χ4v) is 2.10. The van der Waals surface area contributed by atoms with E-state index in [0.717, 1.165) is 18.5 Å². The third-order valence-corrected chi connectivity index (χ3v) is 3.40. The summed E-state index contributed by atoms with van der Waals surface area (Å²) in [6, 6.07) is 10.5. The van der Waals surface area contributed by atoms with E-state index in [9.17, 15) is 9.65 Å². The SMILES string of the molecule is Cc1cc(-c2ccccc2F)nc(C2(C#N)CC2)n1. The van der Waals surface area contributed by atoms with Crippen molar-refractivity contribution in [1.82, 2.24) is 9.97 Å². The maximum atomic E-state index is 13.8. The summed E-state index contributed by atoms with van der Waals surface area (Å²) >= 11 is 0. The molecule has 0 amide bonds. The summed E-state index contributed by atoms with van der Waals surface area (Å²) in [5.74, 6) is 0.210. The molecule has 0 saturated heterocycles. The van der Waals surface area contributed by atoms with Crippen LogP contribution in [0.1, 0.15) is 24.4 Å². The number of aryl methyl sites for hydroxylation is 1. The molecule has 1 fully saturated rings. The summed E-state index contributed by atoms with van der Waals surface area (Å²) in [6.07, 6.45) is 1.56. The Hall–Kier alpha value is -2.28. The van der Waals surface area contributed by atoms with Gasteiger partial charge >= 0.3 is 0 Å². The van der Waals surface area contributed by atoms with Crippen LogP contribution < -0.4 is 0 Å². The van der Waals surface area contributed by atoms with Crippen LogP contribution in [0, 0.1) is 24.1 Å². The zero-order chi connectivity index (χ0) is 13.5. The molecule has 1 aliphatic carbocycles. The van der Waals surface area contributed by atoms with E-state index in [4.69, 9.17) is 0 Å². The maximum absolute atomic E-state index is 13.8. The van der Waals surface area contributed by atoms with Gasteiger partial charge in [0.25, 0.3) is 0 Å². The van der Waals surface area contributed by atoms with Gasteiger partial charge in [-0.1, -0.05) is 12.1 Å². The minimum atomic E-state index is -0.550. The standard InChI is InChI=1S/C15H12FN3/c1-10-8-13(11-4-2-3-5-12(11)16)19-14(18-10)15(9-17)6-7-15/h2-5,8H,6-7H2,1H3. The van der Waals surface area contributed by atoms with Gasteiger partial charge in [0, 0.05) is 11.3 Å². The van der Waals surface area contributed by atoms with E-state index in [1.165, 1.54) is 6.07 Å². The summed E-state index contributed by atoms with van der Waals surface area (Å²) in [5.41, 5.74) is 1.20. The van der Waals surface area contributed by atoms with Gasteiger partial charge in [-0.3, -0.25) is 0 Å². The number of rotatable bonds is 2. The monoisotopic (exact) mass is 253 g/mol. The van der Waals surface area contributed by atoms with Crippen molar-refractivity contribution in [2.45, 2.75) is 25.2 Å². The number of nitriles is 1. The van der Waals surface area contributed by atoms with Gasteiger partial charge in [-0.05, 0) is 38.0 Å². The van der Waals surface area contributed by atoms with Crippen molar-refractivity contribution < 1.29 is 4.39 Å². The Kier molecular flexibility index (Phi) is 2.56. The molecule has 0 atom stereocenters. The lowest BCUT2D eigenvalue weighted by molar-refractivity contribution is 0.630. The van der Waals surface area contributed by atoms with E-state index in [1.54, 1.807) is 24.3 Å². The predicted octanol–water partition coefficient (Wildman–Crippen LogP) is 3.15. The first kappa shape index (κ1) is 11.8. The van der Waals surface area contributed by atoms with E-state index < -0.39 is 5.41 Å². The van der Waals surface area contributed by atoms with Crippen LogP contribution in [0.2, 0.25) is 0 Å². The third kappa shape index (κ3) is 1.97. The van der Waals surface area contributed by atoms with Crippen molar-refractivity contribution in [2.75, 3.05) is 0 Å². The van der Waals surface area contributed by atoms with Crippen LogP contribution in [0.4, 0.5) is 4.39 Å². The van der Waals surface area contributed by atoms with E-state index in [0.29, 0.717) is 17.1 Å². The van der Waals surface area contributed by atoms with Gasteiger partial charge in [0.05, 0.1) is 11.8 Å². The second kappa shape index (κ2) is 4.13. The lowest BCUT2D eigenvalue weighted by atomic mass is 10.1. The second-order valence-electron chi connectivity index (χ2n) is 4.89. The lowest BCUT2D eigenvalue weighted by Gasteiger charge is -2.09. The van der Waals surface area contributed by atoms with E-state index in [2.05, 4.69) is 16.0 Å². The molecule has 0 aliphatic heterocycles. The molecule has 0 N–H and O–H groups in total. The Balaban J connectivity index is 2.14. The maximum Gasteiger partial charge on any atom is 0.149 e. The Morgan fingerprint density at radius 1 is 1.26 bits per heavy atom. The highest BCUT2D eigenvalue weighted by Crippen LogP contribution is 2.46. The molecule has 19 heavy (non-hydrogen) atoms. The summed E-state index contributed by atoms with van der Waals surface area (Å²) < 4.78 is 13.8. The average Bonchev–Trinajstić information content (AvgIpc) is 3.19. The molecule has 1 aliphatic rings. The number of hydrogen-bond donors (Lipinski definition) is 0. The van der Waals surface area contributed by atoms with Gasteiger partial charge in [-0.25, -0.2) is 14.4 Å². The molecule has 0 spiro atoms. The number of benzene rings is 1. The highest BCUT2D eigenvalue weighted by Gasteiger charge is 2.48. The molecule has 3 rings (SSSR count). The molecule has 1 aromatic heterocycles. The minimum Gasteiger partial charge on any atom is -0.236 e. The van der Waals surface area contributed by atoms with Crippen molar-refractivity contribution in [2.24, 2.45) is 0 Å². The lowest BCUT2D eigenvalue weighted by Crippen LogP contribution is -2.10. The van der Waals surface area contributed by atoms with E-state index in [-0.39, 0.29) is 5.82 Å². The first-order chi connectivity index (χ1) is 9.14. The van der Waals surface area contributed by atoms with Crippen molar-refractivity contribution in [3.63, 3.8) is 0 Å². The number of nitrogens with zero attached hydrogens (tertiary/aromatic N) is 3. The molecule has 1 aromatic carbocycles. The normalized spacial score (nSPS) is 15.8. The molecule has 1 heterocycles. The van der Waals surface area contributed by atoms with Crippen molar-refractivity contribution >= 4 is 0 Å². The van der Waals surface area contributed by atoms with Gasteiger partial charge in [0.2, 0.25) is 0 Å². The molecule has 0 radical (unpaired) electrons.